The Balaban J connectivity index is 4.24. The lowest BCUT2D eigenvalue weighted by Gasteiger charge is -2.32. The van der Waals surface area contributed by atoms with Crippen LogP contribution in [0.3, 0.4) is 0 Å². The van der Waals surface area contributed by atoms with E-state index in [0.717, 1.165) is 13.1 Å². The summed E-state index contributed by atoms with van der Waals surface area (Å²) in [6, 6.07) is -0.263. The molecule has 0 spiro atoms. The third-order valence-electron chi connectivity index (χ3n) is 2.62. The van der Waals surface area contributed by atoms with Crippen molar-refractivity contribution in [3.05, 3.63) is 0 Å². The molecule has 0 bridgehead atoms. The molecule has 0 heterocycles. The van der Waals surface area contributed by atoms with Gasteiger partial charge in [-0.05, 0) is 33.9 Å². The van der Waals surface area contributed by atoms with E-state index >= 15 is 0 Å². The summed E-state index contributed by atoms with van der Waals surface area (Å²) < 4.78 is 0. The van der Waals surface area contributed by atoms with E-state index in [-0.39, 0.29) is 18.2 Å². The molecule has 0 fully saturated rings. The van der Waals surface area contributed by atoms with Gasteiger partial charge in [-0.2, -0.15) is 0 Å². The van der Waals surface area contributed by atoms with Crippen LogP contribution < -0.4 is 5.32 Å². The topological polar surface area (TPSA) is 55.7 Å². The summed E-state index contributed by atoms with van der Waals surface area (Å²) in [5.74, 6) is 0. The fourth-order valence-corrected chi connectivity index (χ4v) is 1.69. The number of nitrogens with zero attached hydrogens (tertiary/aromatic N) is 1. The molecule has 0 radical (unpaired) electrons. The molecule has 0 aromatic carbocycles. The van der Waals surface area contributed by atoms with Crippen LogP contribution >= 0.6 is 0 Å². The molecule has 2 atom stereocenters. The van der Waals surface area contributed by atoms with Crippen molar-refractivity contribution in [3.63, 3.8) is 0 Å². The van der Waals surface area contributed by atoms with Crippen LogP contribution in [-0.4, -0.2) is 59.0 Å². The van der Waals surface area contributed by atoms with E-state index in [1.807, 2.05) is 20.8 Å². The number of hydrogen-bond acceptors (Lipinski definition) is 4. The highest BCUT2D eigenvalue weighted by Crippen LogP contribution is 2.05. The van der Waals surface area contributed by atoms with E-state index < -0.39 is 6.10 Å². The minimum Gasteiger partial charge on any atom is -0.395 e. The highest BCUT2D eigenvalue weighted by atomic mass is 16.3. The second kappa shape index (κ2) is 7.22. The summed E-state index contributed by atoms with van der Waals surface area (Å²) in [7, 11) is 0. The van der Waals surface area contributed by atoms with Gasteiger partial charge in [-0.3, -0.25) is 0 Å². The Labute approximate surface area is 99.7 Å². The molecule has 0 aromatic heterocycles. The third-order valence-corrected chi connectivity index (χ3v) is 2.62. The average Bonchev–Trinajstić information content (AvgIpc) is 2.20. The van der Waals surface area contributed by atoms with Gasteiger partial charge in [-0.15, -0.1) is 0 Å². The third kappa shape index (κ3) is 6.43. The molecule has 0 aromatic rings. The lowest BCUT2D eigenvalue weighted by Crippen LogP contribution is -2.54. The van der Waals surface area contributed by atoms with Crippen LogP contribution in [0, 0.1) is 0 Å². The first-order valence-electron chi connectivity index (χ1n) is 6.13. The summed E-state index contributed by atoms with van der Waals surface area (Å²) in [5.41, 5.74) is -0.0996. The fraction of sp³-hybridized carbons (Fsp3) is 1.00. The van der Waals surface area contributed by atoms with E-state index in [2.05, 4.69) is 24.1 Å². The second-order valence-electron chi connectivity index (χ2n) is 5.24. The van der Waals surface area contributed by atoms with Crippen molar-refractivity contribution in [3.8, 4) is 0 Å². The smallest absolute Gasteiger partial charge is 0.0842 e. The number of aliphatic hydroxyl groups is 2. The highest BCUT2D eigenvalue weighted by molar-refractivity contribution is 4.84. The quantitative estimate of drug-likeness (QED) is 0.596. The number of aliphatic hydroxyl groups excluding tert-OH is 2. The predicted molar refractivity (Wildman–Crippen MR) is 67.6 cm³/mol. The summed E-state index contributed by atoms with van der Waals surface area (Å²) in [6.45, 7) is 12.6. The summed E-state index contributed by atoms with van der Waals surface area (Å²) in [5, 5.41) is 22.6. The van der Waals surface area contributed by atoms with Gasteiger partial charge in [0, 0.05) is 12.1 Å². The second-order valence-corrected chi connectivity index (χ2v) is 5.24. The number of nitrogens with one attached hydrogen (secondary N) is 1. The van der Waals surface area contributed by atoms with Gasteiger partial charge in [0.05, 0.1) is 18.8 Å². The van der Waals surface area contributed by atoms with Gasteiger partial charge in [-0.1, -0.05) is 13.8 Å². The van der Waals surface area contributed by atoms with E-state index in [4.69, 9.17) is 0 Å². The Bertz CT molecular complexity index is 176. The van der Waals surface area contributed by atoms with Gasteiger partial charge in [-0.25, -0.2) is 0 Å². The normalized spacial score (nSPS) is 16.5. The van der Waals surface area contributed by atoms with Crippen molar-refractivity contribution >= 4 is 0 Å². The number of likely N-dealkylation sites (N-methyl/N-ethyl adjacent to an activating group) is 1. The van der Waals surface area contributed by atoms with Crippen LogP contribution in [0.4, 0.5) is 0 Å². The lowest BCUT2D eigenvalue weighted by molar-refractivity contribution is 0.0484. The van der Waals surface area contributed by atoms with Crippen molar-refractivity contribution in [2.24, 2.45) is 0 Å². The van der Waals surface area contributed by atoms with Crippen LogP contribution in [0.5, 0.6) is 0 Å². The molecule has 3 N–H and O–H groups in total. The van der Waals surface area contributed by atoms with E-state index in [1.54, 1.807) is 0 Å². The van der Waals surface area contributed by atoms with Crippen molar-refractivity contribution in [1.29, 1.82) is 0 Å². The molecule has 4 nitrogen and oxygen atoms in total. The zero-order chi connectivity index (χ0) is 12.8. The Kier molecular flexibility index (Phi) is 7.15. The molecule has 0 aliphatic rings. The molecule has 0 amide bonds. The Morgan fingerprint density at radius 1 is 1.19 bits per heavy atom. The monoisotopic (exact) mass is 232 g/mol. The maximum Gasteiger partial charge on any atom is 0.0842 e. The Morgan fingerprint density at radius 3 is 2.00 bits per heavy atom. The maximum absolute atomic E-state index is 10.0. The van der Waals surface area contributed by atoms with E-state index in [0.29, 0.717) is 6.54 Å². The summed E-state index contributed by atoms with van der Waals surface area (Å²) in [6.07, 6.45) is -0.538. The van der Waals surface area contributed by atoms with Crippen molar-refractivity contribution in [2.75, 3.05) is 26.2 Å². The van der Waals surface area contributed by atoms with Gasteiger partial charge < -0.3 is 20.4 Å². The SMILES string of the molecule is CCN(CC)CC(O)C(CO)NC(C)(C)C. The van der Waals surface area contributed by atoms with E-state index in [9.17, 15) is 10.2 Å². The van der Waals surface area contributed by atoms with Crippen LogP contribution in [0.15, 0.2) is 0 Å². The zero-order valence-electron chi connectivity index (χ0n) is 11.3. The molecular weight excluding hydrogens is 204 g/mol. The van der Waals surface area contributed by atoms with Crippen molar-refractivity contribution in [2.45, 2.75) is 52.3 Å². The van der Waals surface area contributed by atoms with Crippen LogP contribution in [0.2, 0.25) is 0 Å². The van der Waals surface area contributed by atoms with Gasteiger partial charge in [0.1, 0.15) is 0 Å². The van der Waals surface area contributed by atoms with Gasteiger partial charge in [0.2, 0.25) is 0 Å². The largest absolute Gasteiger partial charge is 0.395 e. The predicted octanol–water partition coefficient (Wildman–Crippen LogP) is 0.438. The summed E-state index contributed by atoms with van der Waals surface area (Å²) >= 11 is 0. The number of hydrogen-bond donors (Lipinski definition) is 3. The van der Waals surface area contributed by atoms with Gasteiger partial charge in [0.25, 0.3) is 0 Å². The molecule has 16 heavy (non-hydrogen) atoms. The molecule has 0 aliphatic carbocycles. The zero-order valence-corrected chi connectivity index (χ0v) is 11.3. The van der Waals surface area contributed by atoms with Crippen LogP contribution in [-0.2, 0) is 0 Å². The molecule has 4 heteroatoms. The Morgan fingerprint density at radius 2 is 1.69 bits per heavy atom. The van der Waals surface area contributed by atoms with Crippen LogP contribution in [0.25, 0.3) is 0 Å². The molecule has 0 rings (SSSR count). The van der Waals surface area contributed by atoms with Crippen LogP contribution in [0.1, 0.15) is 34.6 Å². The molecule has 2 unspecified atom stereocenters. The lowest BCUT2D eigenvalue weighted by atomic mass is 10.0. The number of rotatable bonds is 7. The summed E-state index contributed by atoms with van der Waals surface area (Å²) in [4.78, 5) is 2.15. The highest BCUT2D eigenvalue weighted by Gasteiger charge is 2.24. The van der Waals surface area contributed by atoms with Crippen molar-refractivity contribution in [1.82, 2.24) is 10.2 Å². The van der Waals surface area contributed by atoms with Gasteiger partial charge in [0.15, 0.2) is 0 Å². The molecule has 98 valence electrons. The standard InChI is InChI=1S/C12H28N2O2/c1-6-14(7-2)8-11(16)10(9-15)13-12(3,4)5/h10-11,13,15-16H,6-9H2,1-5H3. The molecule has 0 saturated heterocycles. The molecule has 0 saturated carbocycles. The van der Waals surface area contributed by atoms with Gasteiger partial charge >= 0.3 is 0 Å². The van der Waals surface area contributed by atoms with Crippen molar-refractivity contribution < 1.29 is 10.2 Å². The first-order valence-corrected chi connectivity index (χ1v) is 6.13. The Hall–Kier alpha value is -0.160. The van der Waals surface area contributed by atoms with E-state index in [1.165, 1.54) is 0 Å². The molecular formula is C12H28N2O2. The first-order chi connectivity index (χ1) is 7.34. The fourth-order valence-electron chi connectivity index (χ4n) is 1.69. The minimum atomic E-state index is -0.538. The first kappa shape index (κ1) is 15.8. The maximum atomic E-state index is 10.0. The molecule has 0 aliphatic heterocycles. The minimum absolute atomic E-state index is 0.0420. The average molecular weight is 232 g/mol.